The molecule has 0 amide bonds. The largest absolute Gasteiger partial charge is 0.497 e. The molecule has 25 heavy (non-hydrogen) atoms. The van der Waals surface area contributed by atoms with E-state index >= 15 is 0 Å². The number of nitrogens with zero attached hydrogens (tertiary/aromatic N) is 2. The first-order chi connectivity index (χ1) is 12.2. The van der Waals surface area contributed by atoms with Crippen molar-refractivity contribution in [2.24, 2.45) is 0 Å². The molecule has 5 nitrogen and oxygen atoms in total. The van der Waals surface area contributed by atoms with Gasteiger partial charge in [-0.05, 0) is 29.5 Å². The highest BCUT2D eigenvalue weighted by molar-refractivity contribution is 7.98. The lowest BCUT2D eigenvalue weighted by atomic mass is 9.95. The smallest absolute Gasteiger partial charge is 0.270 e. The number of rotatable bonds is 4. The standard InChI is InChI=1S/C19H15N3O2S/c1-24-13-7-5-6-12(10-13)14-8-3-4-9-15(14)17-16(11-20)18(23)22-19(21-17)25-2/h3-10H,1-2H3,(H,21,22,23). The molecule has 0 aliphatic heterocycles. The minimum Gasteiger partial charge on any atom is -0.497 e. The lowest BCUT2D eigenvalue weighted by Gasteiger charge is -2.12. The molecule has 3 rings (SSSR count). The fraction of sp³-hybridized carbons (Fsp3) is 0.105. The first-order valence-corrected chi connectivity index (χ1v) is 8.72. The minimum absolute atomic E-state index is 0.00754. The molecule has 0 unspecified atom stereocenters. The third-order valence-electron chi connectivity index (χ3n) is 3.77. The fourth-order valence-electron chi connectivity index (χ4n) is 2.58. The summed E-state index contributed by atoms with van der Waals surface area (Å²) in [5.41, 5.74) is 2.49. The SMILES string of the molecule is COc1cccc(-c2ccccc2-c2nc(SC)[nH]c(=O)c2C#N)c1. The highest BCUT2D eigenvalue weighted by atomic mass is 32.2. The minimum atomic E-state index is -0.433. The Balaban J connectivity index is 2.29. The van der Waals surface area contributed by atoms with Gasteiger partial charge in [0, 0.05) is 5.56 Å². The van der Waals surface area contributed by atoms with Crippen molar-refractivity contribution >= 4 is 11.8 Å². The Hall–Kier alpha value is -3.04. The van der Waals surface area contributed by atoms with E-state index in [0.29, 0.717) is 10.9 Å². The van der Waals surface area contributed by atoms with Crippen molar-refractivity contribution in [2.75, 3.05) is 13.4 Å². The van der Waals surface area contributed by atoms with Crippen LogP contribution in [0.15, 0.2) is 58.5 Å². The molecule has 0 bridgehead atoms. The average Bonchev–Trinajstić information content (AvgIpc) is 2.67. The maximum atomic E-state index is 12.2. The lowest BCUT2D eigenvalue weighted by Crippen LogP contribution is -2.14. The van der Waals surface area contributed by atoms with Gasteiger partial charge in [0.15, 0.2) is 5.16 Å². The molecule has 0 fully saturated rings. The number of nitriles is 1. The van der Waals surface area contributed by atoms with Crippen LogP contribution in [-0.4, -0.2) is 23.3 Å². The van der Waals surface area contributed by atoms with Crippen LogP contribution in [0.5, 0.6) is 5.75 Å². The van der Waals surface area contributed by atoms with Crippen LogP contribution in [0.1, 0.15) is 5.56 Å². The van der Waals surface area contributed by atoms with Gasteiger partial charge >= 0.3 is 0 Å². The monoisotopic (exact) mass is 349 g/mol. The van der Waals surface area contributed by atoms with Crippen molar-refractivity contribution in [1.82, 2.24) is 9.97 Å². The summed E-state index contributed by atoms with van der Waals surface area (Å²) in [5, 5.41) is 9.90. The maximum absolute atomic E-state index is 12.2. The van der Waals surface area contributed by atoms with E-state index in [2.05, 4.69) is 9.97 Å². The summed E-state index contributed by atoms with van der Waals surface area (Å²) in [7, 11) is 1.61. The summed E-state index contributed by atoms with van der Waals surface area (Å²) < 4.78 is 5.30. The van der Waals surface area contributed by atoms with Crippen LogP contribution < -0.4 is 10.3 Å². The van der Waals surface area contributed by atoms with Gasteiger partial charge in [0.25, 0.3) is 5.56 Å². The van der Waals surface area contributed by atoms with Gasteiger partial charge in [0.1, 0.15) is 17.4 Å². The zero-order chi connectivity index (χ0) is 17.8. The third kappa shape index (κ3) is 3.28. The molecule has 0 atom stereocenters. The Morgan fingerprint density at radius 2 is 1.92 bits per heavy atom. The first kappa shape index (κ1) is 16.8. The summed E-state index contributed by atoms with van der Waals surface area (Å²) in [6, 6.07) is 17.2. The average molecular weight is 349 g/mol. The van der Waals surface area contributed by atoms with Gasteiger partial charge < -0.3 is 9.72 Å². The zero-order valence-corrected chi connectivity index (χ0v) is 14.6. The molecule has 6 heteroatoms. The molecule has 124 valence electrons. The second-order valence-electron chi connectivity index (χ2n) is 5.19. The summed E-state index contributed by atoms with van der Waals surface area (Å²) in [6.45, 7) is 0. The number of ether oxygens (including phenoxy) is 1. The Morgan fingerprint density at radius 3 is 2.60 bits per heavy atom. The number of aromatic amines is 1. The summed E-state index contributed by atoms with van der Waals surface area (Å²) in [4.78, 5) is 19.3. The van der Waals surface area contributed by atoms with Crippen LogP contribution in [0.4, 0.5) is 0 Å². The topological polar surface area (TPSA) is 78.8 Å². The number of thioether (sulfide) groups is 1. The Bertz CT molecular complexity index is 1020. The Labute approximate surface area is 149 Å². The molecule has 1 aromatic heterocycles. The van der Waals surface area contributed by atoms with Crippen molar-refractivity contribution in [3.8, 4) is 34.2 Å². The highest BCUT2D eigenvalue weighted by Gasteiger charge is 2.17. The van der Waals surface area contributed by atoms with E-state index in [1.165, 1.54) is 11.8 Å². The number of H-pyrrole nitrogens is 1. The van der Waals surface area contributed by atoms with Gasteiger partial charge in [-0.2, -0.15) is 5.26 Å². The van der Waals surface area contributed by atoms with Gasteiger partial charge in [-0.3, -0.25) is 4.79 Å². The molecule has 1 N–H and O–H groups in total. The van der Waals surface area contributed by atoms with E-state index in [9.17, 15) is 10.1 Å². The Morgan fingerprint density at radius 1 is 1.16 bits per heavy atom. The first-order valence-electron chi connectivity index (χ1n) is 7.50. The second kappa shape index (κ2) is 7.24. The van der Waals surface area contributed by atoms with Crippen molar-refractivity contribution in [1.29, 1.82) is 5.26 Å². The molecule has 1 heterocycles. The summed E-state index contributed by atoms with van der Waals surface area (Å²) >= 11 is 1.32. The third-order valence-corrected chi connectivity index (χ3v) is 4.35. The van der Waals surface area contributed by atoms with Gasteiger partial charge in [-0.15, -0.1) is 0 Å². The summed E-state index contributed by atoms with van der Waals surface area (Å²) in [5.74, 6) is 0.733. The maximum Gasteiger partial charge on any atom is 0.270 e. The summed E-state index contributed by atoms with van der Waals surface area (Å²) in [6.07, 6.45) is 1.82. The van der Waals surface area contributed by atoms with E-state index in [1.807, 2.05) is 60.9 Å². The van der Waals surface area contributed by atoms with Crippen LogP contribution in [0.25, 0.3) is 22.4 Å². The van der Waals surface area contributed by atoms with Crippen LogP contribution in [0, 0.1) is 11.3 Å². The van der Waals surface area contributed by atoms with E-state index < -0.39 is 5.56 Å². The molecule has 3 aromatic rings. The molecule has 0 aliphatic carbocycles. The van der Waals surface area contributed by atoms with Crippen molar-refractivity contribution in [3.05, 3.63) is 64.4 Å². The predicted molar refractivity (Wildman–Crippen MR) is 98.8 cm³/mol. The number of hydrogen-bond acceptors (Lipinski definition) is 5. The molecule has 0 radical (unpaired) electrons. The van der Waals surface area contributed by atoms with Crippen LogP contribution in [-0.2, 0) is 0 Å². The van der Waals surface area contributed by atoms with Crippen LogP contribution in [0.2, 0.25) is 0 Å². The molecule has 0 spiro atoms. The van der Waals surface area contributed by atoms with Crippen molar-refractivity contribution in [2.45, 2.75) is 5.16 Å². The van der Waals surface area contributed by atoms with Crippen LogP contribution in [0.3, 0.4) is 0 Å². The molecule has 0 saturated heterocycles. The second-order valence-corrected chi connectivity index (χ2v) is 5.98. The number of benzene rings is 2. The van der Waals surface area contributed by atoms with Gasteiger partial charge in [0.2, 0.25) is 0 Å². The Kier molecular flexibility index (Phi) is 4.87. The van der Waals surface area contributed by atoms with Gasteiger partial charge in [-0.25, -0.2) is 4.98 Å². The molecule has 0 aliphatic rings. The fourth-order valence-corrected chi connectivity index (χ4v) is 2.96. The number of hydrogen-bond donors (Lipinski definition) is 1. The van der Waals surface area contributed by atoms with E-state index in [0.717, 1.165) is 22.4 Å². The number of nitrogens with one attached hydrogen (secondary N) is 1. The van der Waals surface area contributed by atoms with Gasteiger partial charge in [-0.1, -0.05) is 48.2 Å². The number of aromatic nitrogens is 2. The lowest BCUT2D eigenvalue weighted by molar-refractivity contribution is 0.415. The van der Waals surface area contributed by atoms with Gasteiger partial charge in [0.05, 0.1) is 12.8 Å². The van der Waals surface area contributed by atoms with Crippen LogP contribution >= 0.6 is 11.8 Å². The molecule has 0 saturated carbocycles. The van der Waals surface area contributed by atoms with E-state index in [4.69, 9.17) is 4.74 Å². The zero-order valence-electron chi connectivity index (χ0n) is 13.7. The molecular weight excluding hydrogens is 334 g/mol. The predicted octanol–water partition coefficient (Wildman–Crippen LogP) is 3.71. The molecule has 2 aromatic carbocycles. The van der Waals surface area contributed by atoms with E-state index in [1.54, 1.807) is 7.11 Å². The van der Waals surface area contributed by atoms with E-state index in [-0.39, 0.29) is 5.56 Å². The normalized spacial score (nSPS) is 10.3. The number of methoxy groups -OCH3 is 1. The van der Waals surface area contributed by atoms with Crippen molar-refractivity contribution < 1.29 is 4.74 Å². The molecular formula is C19H15N3O2S. The van der Waals surface area contributed by atoms with Crippen molar-refractivity contribution in [3.63, 3.8) is 0 Å². The quantitative estimate of drug-likeness (QED) is 0.574. The highest BCUT2D eigenvalue weighted by Crippen LogP contribution is 2.33.